The van der Waals surface area contributed by atoms with Gasteiger partial charge in [-0.15, -0.1) is 0 Å². The van der Waals surface area contributed by atoms with E-state index in [0.29, 0.717) is 6.61 Å². The van der Waals surface area contributed by atoms with E-state index in [2.05, 4.69) is 98.0 Å². The molecule has 0 N–H and O–H groups in total. The lowest BCUT2D eigenvalue weighted by Crippen LogP contribution is -2.66. The number of piperidine rings is 1. The zero-order valence-corrected chi connectivity index (χ0v) is 22.1. The molecule has 1 saturated heterocycles. The summed E-state index contributed by atoms with van der Waals surface area (Å²) < 4.78 is 1.02. The van der Waals surface area contributed by atoms with Gasteiger partial charge in [0.2, 0.25) is 0 Å². The second-order valence-electron chi connectivity index (χ2n) is 10.7. The van der Waals surface area contributed by atoms with Gasteiger partial charge in [0.1, 0.15) is 12.7 Å². The normalized spacial score (nSPS) is 29.3. The molecule has 1 fully saturated rings. The smallest absolute Gasteiger partial charge is 0.122 e. The van der Waals surface area contributed by atoms with Crippen molar-refractivity contribution in [2.24, 2.45) is 11.1 Å². The molecule has 0 saturated carbocycles. The number of quaternary nitrogens is 1. The Morgan fingerprint density at radius 1 is 1.12 bits per heavy atom. The number of benzene rings is 1. The Morgan fingerprint density at radius 2 is 1.78 bits per heavy atom. The predicted molar refractivity (Wildman–Crippen MR) is 134 cm³/mol. The van der Waals surface area contributed by atoms with Crippen LogP contribution in [-0.4, -0.2) is 60.1 Å². The van der Waals surface area contributed by atoms with Crippen LogP contribution in [-0.2, 0) is 9.68 Å². The SMILES string of the molecule is CCC1(C)CC(=NOCCC[N+](C)(C)CC)C(C)C(C)(CC)N1OC(C)c1ccccc1. The first kappa shape index (κ1) is 26.8. The van der Waals surface area contributed by atoms with Crippen LogP contribution in [0.3, 0.4) is 0 Å². The highest BCUT2D eigenvalue weighted by atomic mass is 16.7. The van der Waals surface area contributed by atoms with E-state index in [1.807, 2.05) is 0 Å². The molecule has 4 atom stereocenters. The summed E-state index contributed by atoms with van der Waals surface area (Å²) in [5.41, 5.74) is 2.07. The quantitative estimate of drug-likeness (QED) is 0.230. The third-order valence-corrected chi connectivity index (χ3v) is 8.00. The van der Waals surface area contributed by atoms with Crippen LogP contribution in [0.2, 0.25) is 0 Å². The fraction of sp³-hybridized carbons (Fsp3) is 0.741. The van der Waals surface area contributed by atoms with Crippen LogP contribution in [0.4, 0.5) is 0 Å². The van der Waals surface area contributed by atoms with Gasteiger partial charge >= 0.3 is 0 Å². The van der Waals surface area contributed by atoms with Crippen LogP contribution in [0, 0.1) is 5.92 Å². The summed E-state index contributed by atoms with van der Waals surface area (Å²) in [6.45, 7) is 18.7. The standard InChI is InChI=1S/C27H48N3O2/c1-10-26(6)21-25(28-31-20-16-19-30(8,9)12-3)22(4)27(7,11-2)29(26)32-23(5)24-17-14-13-15-18-24/h13-15,17-18,22-23H,10-12,16,19-21H2,1-9H3/q+1. The van der Waals surface area contributed by atoms with Gasteiger partial charge < -0.3 is 9.32 Å². The number of nitrogens with zero attached hydrogens (tertiary/aromatic N) is 3. The lowest BCUT2D eigenvalue weighted by molar-refractivity contribution is -0.888. The van der Waals surface area contributed by atoms with E-state index in [0.717, 1.165) is 49.0 Å². The van der Waals surface area contributed by atoms with E-state index in [9.17, 15) is 0 Å². The molecule has 1 aliphatic heterocycles. The van der Waals surface area contributed by atoms with Crippen molar-refractivity contribution >= 4 is 5.71 Å². The number of oxime groups is 1. The fourth-order valence-electron chi connectivity index (χ4n) is 4.63. The topological polar surface area (TPSA) is 34.1 Å². The molecule has 32 heavy (non-hydrogen) atoms. The minimum atomic E-state index is -0.157. The first-order valence-corrected chi connectivity index (χ1v) is 12.6. The molecule has 0 radical (unpaired) electrons. The molecule has 0 spiro atoms. The summed E-state index contributed by atoms with van der Waals surface area (Å²) >= 11 is 0. The molecule has 5 heteroatoms. The lowest BCUT2D eigenvalue weighted by atomic mass is 9.70. The van der Waals surface area contributed by atoms with Gasteiger partial charge in [0.25, 0.3) is 0 Å². The van der Waals surface area contributed by atoms with Crippen molar-refractivity contribution in [3.05, 3.63) is 35.9 Å². The summed E-state index contributed by atoms with van der Waals surface area (Å²) in [7, 11) is 4.53. The number of hydrogen-bond acceptors (Lipinski definition) is 4. The van der Waals surface area contributed by atoms with Gasteiger partial charge in [0.15, 0.2) is 0 Å². The first-order chi connectivity index (χ1) is 15.0. The van der Waals surface area contributed by atoms with Crippen molar-refractivity contribution in [1.82, 2.24) is 5.06 Å². The van der Waals surface area contributed by atoms with Gasteiger partial charge in [-0.1, -0.05) is 56.3 Å². The Labute approximate surface area is 197 Å². The summed E-state index contributed by atoms with van der Waals surface area (Å²) in [4.78, 5) is 12.6. The predicted octanol–water partition coefficient (Wildman–Crippen LogP) is 6.22. The van der Waals surface area contributed by atoms with Crippen LogP contribution >= 0.6 is 0 Å². The van der Waals surface area contributed by atoms with Crippen LogP contribution < -0.4 is 0 Å². The van der Waals surface area contributed by atoms with Crippen LogP contribution in [0.1, 0.15) is 85.8 Å². The summed E-state index contributed by atoms with van der Waals surface area (Å²) in [5, 5.41) is 7.00. The summed E-state index contributed by atoms with van der Waals surface area (Å²) in [5.74, 6) is 0.248. The van der Waals surface area contributed by atoms with E-state index < -0.39 is 0 Å². The van der Waals surface area contributed by atoms with Crippen molar-refractivity contribution in [2.45, 2.75) is 91.3 Å². The highest BCUT2D eigenvalue weighted by Gasteiger charge is 2.53. The minimum absolute atomic E-state index is 0.00469. The molecule has 1 heterocycles. The maximum atomic E-state index is 6.74. The molecule has 0 aromatic heterocycles. The highest BCUT2D eigenvalue weighted by Crippen LogP contribution is 2.46. The largest absolute Gasteiger partial charge is 0.396 e. The molecule has 2 rings (SSSR count). The Hall–Kier alpha value is -1.43. The van der Waals surface area contributed by atoms with Crippen molar-refractivity contribution in [3.63, 3.8) is 0 Å². The summed E-state index contributed by atoms with van der Waals surface area (Å²) in [6, 6.07) is 10.5. The van der Waals surface area contributed by atoms with E-state index in [1.54, 1.807) is 0 Å². The molecule has 1 aromatic rings. The molecule has 1 aliphatic rings. The third kappa shape index (κ3) is 6.12. The molecule has 0 bridgehead atoms. The van der Waals surface area contributed by atoms with E-state index in [4.69, 9.17) is 14.8 Å². The van der Waals surface area contributed by atoms with Crippen LogP contribution in [0.25, 0.3) is 0 Å². The van der Waals surface area contributed by atoms with Crippen LogP contribution in [0.5, 0.6) is 0 Å². The Kier molecular flexibility index (Phi) is 9.33. The molecule has 4 unspecified atom stereocenters. The summed E-state index contributed by atoms with van der Waals surface area (Å²) in [6.07, 6.45) is 3.84. The Morgan fingerprint density at radius 3 is 2.34 bits per heavy atom. The van der Waals surface area contributed by atoms with Gasteiger partial charge in [0, 0.05) is 24.3 Å². The molecule has 182 valence electrons. The highest BCUT2D eigenvalue weighted by molar-refractivity contribution is 5.89. The third-order valence-electron chi connectivity index (χ3n) is 8.00. The Bertz CT molecular complexity index is 736. The van der Waals surface area contributed by atoms with E-state index in [-0.39, 0.29) is 23.1 Å². The van der Waals surface area contributed by atoms with Crippen molar-refractivity contribution in [3.8, 4) is 0 Å². The van der Waals surface area contributed by atoms with E-state index in [1.165, 1.54) is 5.56 Å². The second kappa shape index (κ2) is 11.1. The molecule has 0 amide bonds. The maximum Gasteiger partial charge on any atom is 0.122 e. The Balaban J connectivity index is 2.18. The van der Waals surface area contributed by atoms with Gasteiger partial charge in [-0.3, -0.25) is 4.84 Å². The van der Waals surface area contributed by atoms with Crippen molar-refractivity contribution < 1.29 is 14.2 Å². The maximum absolute atomic E-state index is 6.74. The fourth-order valence-corrected chi connectivity index (χ4v) is 4.63. The van der Waals surface area contributed by atoms with Crippen LogP contribution in [0.15, 0.2) is 35.5 Å². The van der Waals surface area contributed by atoms with Crippen molar-refractivity contribution in [2.75, 3.05) is 33.8 Å². The zero-order chi connectivity index (χ0) is 24.0. The second-order valence-corrected chi connectivity index (χ2v) is 10.7. The monoisotopic (exact) mass is 446 g/mol. The number of rotatable bonds is 11. The molecule has 0 aliphatic carbocycles. The van der Waals surface area contributed by atoms with E-state index >= 15 is 0 Å². The molecule has 1 aromatic carbocycles. The number of hydrogen-bond donors (Lipinski definition) is 0. The van der Waals surface area contributed by atoms with Gasteiger partial charge in [-0.2, -0.15) is 5.06 Å². The first-order valence-electron chi connectivity index (χ1n) is 12.6. The van der Waals surface area contributed by atoms with Crippen molar-refractivity contribution in [1.29, 1.82) is 0 Å². The molecular formula is C27H48N3O2+. The molecular weight excluding hydrogens is 398 g/mol. The zero-order valence-electron chi connectivity index (χ0n) is 22.1. The lowest BCUT2D eigenvalue weighted by Gasteiger charge is -2.57. The van der Waals surface area contributed by atoms with Gasteiger partial charge in [-0.05, 0) is 46.1 Å². The minimum Gasteiger partial charge on any atom is -0.396 e. The average molecular weight is 447 g/mol. The number of hydroxylamine groups is 2. The average Bonchev–Trinajstić information content (AvgIpc) is 2.80. The van der Waals surface area contributed by atoms with Gasteiger partial charge in [-0.25, -0.2) is 0 Å². The van der Waals surface area contributed by atoms with Gasteiger partial charge in [0.05, 0.1) is 38.4 Å². The molecule has 5 nitrogen and oxygen atoms in total.